The number of nitrogens with two attached hydrogens (primary N) is 1. The summed E-state index contributed by atoms with van der Waals surface area (Å²) in [5.74, 6) is 1.46. The van der Waals surface area contributed by atoms with Crippen LogP contribution >= 0.6 is 0 Å². The molecule has 2 atom stereocenters. The molecule has 1 aromatic rings. The maximum atomic E-state index is 9.20. The number of hydrogen-bond donors (Lipinski definition) is 2. The first-order valence-corrected chi connectivity index (χ1v) is 5.59. The zero-order valence-electron chi connectivity index (χ0n) is 9.40. The molecule has 82 valence electrons. The molecule has 1 aliphatic carbocycles. The minimum Gasteiger partial charge on any atom is -0.508 e. The minimum atomic E-state index is 0.00510. The van der Waals surface area contributed by atoms with Gasteiger partial charge < -0.3 is 10.8 Å². The van der Waals surface area contributed by atoms with Gasteiger partial charge in [0.2, 0.25) is 0 Å². The average molecular weight is 205 g/mol. The molecule has 0 aromatic heterocycles. The summed E-state index contributed by atoms with van der Waals surface area (Å²) in [6.07, 6.45) is 2.16. The van der Waals surface area contributed by atoms with Gasteiger partial charge in [0, 0.05) is 11.5 Å². The molecule has 15 heavy (non-hydrogen) atoms. The fourth-order valence-electron chi connectivity index (χ4n) is 2.46. The average Bonchev–Trinajstić information content (AvgIpc) is 2.77. The van der Waals surface area contributed by atoms with Gasteiger partial charge in [-0.2, -0.15) is 0 Å². The summed E-state index contributed by atoms with van der Waals surface area (Å²) in [5, 5.41) is 9.20. The van der Waals surface area contributed by atoms with Crippen molar-refractivity contribution >= 4 is 0 Å². The van der Waals surface area contributed by atoms with Gasteiger partial charge in [-0.15, -0.1) is 0 Å². The molecular weight excluding hydrogens is 186 g/mol. The van der Waals surface area contributed by atoms with Crippen LogP contribution in [0.25, 0.3) is 0 Å². The third kappa shape index (κ3) is 2.15. The quantitative estimate of drug-likeness (QED) is 0.796. The summed E-state index contributed by atoms with van der Waals surface area (Å²) in [6, 6.07) is 7.44. The first kappa shape index (κ1) is 10.5. The van der Waals surface area contributed by atoms with Crippen LogP contribution in [0.3, 0.4) is 0 Å². The van der Waals surface area contributed by atoms with Crippen LogP contribution in [0.5, 0.6) is 5.75 Å². The Morgan fingerprint density at radius 3 is 2.53 bits per heavy atom. The minimum absolute atomic E-state index is 0.00510. The predicted molar refractivity (Wildman–Crippen MR) is 61.8 cm³/mol. The maximum Gasteiger partial charge on any atom is 0.115 e. The molecule has 1 fully saturated rings. The highest BCUT2D eigenvalue weighted by atomic mass is 16.3. The zero-order chi connectivity index (χ0) is 11.1. The van der Waals surface area contributed by atoms with Gasteiger partial charge in [0.05, 0.1) is 0 Å². The molecule has 0 radical (unpaired) electrons. The Morgan fingerprint density at radius 2 is 2.00 bits per heavy atom. The molecule has 0 bridgehead atoms. The van der Waals surface area contributed by atoms with Gasteiger partial charge >= 0.3 is 0 Å². The van der Waals surface area contributed by atoms with Crippen molar-refractivity contribution in [2.24, 2.45) is 11.7 Å². The van der Waals surface area contributed by atoms with Crippen molar-refractivity contribution in [1.29, 1.82) is 0 Å². The number of aromatic hydroxyl groups is 1. The van der Waals surface area contributed by atoms with Crippen LogP contribution in [0.2, 0.25) is 0 Å². The van der Waals surface area contributed by atoms with Gasteiger partial charge in [-0.05, 0) is 36.5 Å². The number of benzene rings is 1. The van der Waals surface area contributed by atoms with E-state index in [1.165, 1.54) is 5.56 Å². The summed E-state index contributed by atoms with van der Waals surface area (Å²) in [7, 11) is 0. The van der Waals surface area contributed by atoms with Crippen LogP contribution < -0.4 is 5.73 Å². The van der Waals surface area contributed by atoms with E-state index in [-0.39, 0.29) is 5.54 Å². The molecule has 0 saturated heterocycles. The summed E-state index contributed by atoms with van der Waals surface area (Å²) in [4.78, 5) is 0. The third-order valence-electron chi connectivity index (χ3n) is 3.20. The van der Waals surface area contributed by atoms with E-state index < -0.39 is 0 Å². The Morgan fingerprint density at radius 1 is 1.40 bits per heavy atom. The summed E-state index contributed by atoms with van der Waals surface area (Å²) < 4.78 is 0. The molecule has 3 N–H and O–H groups in total. The largest absolute Gasteiger partial charge is 0.508 e. The van der Waals surface area contributed by atoms with Gasteiger partial charge in [0.15, 0.2) is 0 Å². The van der Waals surface area contributed by atoms with Gasteiger partial charge in [0.25, 0.3) is 0 Å². The van der Waals surface area contributed by atoms with E-state index >= 15 is 0 Å². The lowest BCUT2D eigenvalue weighted by Gasteiger charge is -2.14. The van der Waals surface area contributed by atoms with E-state index in [2.05, 4.69) is 13.8 Å². The van der Waals surface area contributed by atoms with Crippen LogP contribution in [0.1, 0.15) is 38.2 Å². The van der Waals surface area contributed by atoms with E-state index in [1.807, 2.05) is 12.1 Å². The molecule has 0 spiro atoms. The van der Waals surface area contributed by atoms with Crippen molar-refractivity contribution in [2.75, 3.05) is 0 Å². The van der Waals surface area contributed by atoms with Crippen molar-refractivity contribution in [3.63, 3.8) is 0 Å². The summed E-state index contributed by atoms with van der Waals surface area (Å²) in [6.45, 7) is 4.42. The fraction of sp³-hybridized carbons (Fsp3) is 0.538. The number of rotatable bonds is 3. The lowest BCUT2D eigenvalue weighted by Crippen LogP contribution is -2.26. The van der Waals surface area contributed by atoms with Crippen LogP contribution in [-0.2, 0) is 0 Å². The van der Waals surface area contributed by atoms with Crippen molar-refractivity contribution in [3.05, 3.63) is 29.8 Å². The zero-order valence-corrected chi connectivity index (χ0v) is 9.40. The van der Waals surface area contributed by atoms with Crippen LogP contribution in [0.15, 0.2) is 24.3 Å². The second-order valence-corrected chi connectivity index (χ2v) is 5.18. The Balaban J connectivity index is 2.06. The maximum absolute atomic E-state index is 9.20. The van der Waals surface area contributed by atoms with Gasteiger partial charge in [-0.3, -0.25) is 0 Å². The molecule has 2 unspecified atom stereocenters. The molecule has 0 heterocycles. The second-order valence-electron chi connectivity index (χ2n) is 5.18. The standard InChI is InChI=1S/C13H19NO/c1-9(2)7-13(14)8-12(13)10-3-5-11(15)6-4-10/h3-6,9,12,15H,7-8,14H2,1-2H3. The molecule has 2 rings (SSSR count). The van der Waals surface area contributed by atoms with E-state index in [0.29, 0.717) is 17.6 Å². The highest BCUT2D eigenvalue weighted by Gasteiger charge is 2.51. The van der Waals surface area contributed by atoms with Gasteiger partial charge in [-0.1, -0.05) is 26.0 Å². The molecule has 2 nitrogen and oxygen atoms in total. The molecule has 1 aromatic carbocycles. The molecule has 0 aliphatic heterocycles. The lowest BCUT2D eigenvalue weighted by atomic mass is 9.98. The number of phenolic OH excluding ortho intramolecular Hbond substituents is 1. The monoisotopic (exact) mass is 205 g/mol. The topological polar surface area (TPSA) is 46.2 Å². The highest BCUT2D eigenvalue weighted by molar-refractivity contribution is 5.36. The fourth-order valence-corrected chi connectivity index (χ4v) is 2.46. The first-order chi connectivity index (χ1) is 7.01. The van der Waals surface area contributed by atoms with Crippen molar-refractivity contribution in [2.45, 2.75) is 38.1 Å². The van der Waals surface area contributed by atoms with E-state index in [0.717, 1.165) is 12.8 Å². The van der Waals surface area contributed by atoms with Gasteiger partial charge in [0.1, 0.15) is 5.75 Å². The van der Waals surface area contributed by atoms with Crippen LogP contribution in [-0.4, -0.2) is 10.6 Å². The Labute approximate surface area is 91.1 Å². The number of phenols is 1. The Bertz CT molecular complexity index is 344. The van der Waals surface area contributed by atoms with E-state index in [1.54, 1.807) is 12.1 Å². The normalized spacial score (nSPS) is 29.5. The number of hydrogen-bond acceptors (Lipinski definition) is 2. The van der Waals surface area contributed by atoms with Crippen LogP contribution in [0, 0.1) is 5.92 Å². The Kier molecular flexibility index (Phi) is 2.47. The molecule has 1 saturated carbocycles. The second kappa shape index (κ2) is 3.53. The highest BCUT2D eigenvalue weighted by Crippen LogP contribution is 2.52. The van der Waals surface area contributed by atoms with Crippen molar-refractivity contribution in [1.82, 2.24) is 0 Å². The van der Waals surface area contributed by atoms with E-state index in [9.17, 15) is 5.11 Å². The molecular formula is C13H19NO. The van der Waals surface area contributed by atoms with Crippen molar-refractivity contribution < 1.29 is 5.11 Å². The smallest absolute Gasteiger partial charge is 0.115 e. The SMILES string of the molecule is CC(C)CC1(N)CC1c1ccc(O)cc1. The summed E-state index contributed by atoms with van der Waals surface area (Å²) >= 11 is 0. The lowest BCUT2D eigenvalue weighted by molar-refractivity contribution is 0.470. The van der Waals surface area contributed by atoms with Gasteiger partial charge in [-0.25, -0.2) is 0 Å². The molecule has 2 heteroatoms. The van der Waals surface area contributed by atoms with Crippen molar-refractivity contribution in [3.8, 4) is 5.75 Å². The third-order valence-corrected chi connectivity index (χ3v) is 3.20. The predicted octanol–water partition coefficient (Wildman–Crippen LogP) is 2.62. The van der Waals surface area contributed by atoms with Crippen LogP contribution in [0.4, 0.5) is 0 Å². The van der Waals surface area contributed by atoms with E-state index in [4.69, 9.17) is 5.73 Å². The first-order valence-electron chi connectivity index (χ1n) is 5.59. The molecule has 1 aliphatic rings. The summed E-state index contributed by atoms with van der Waals surface area (Å²) in [5.41, 5.74) is 7.56. The Hall–Kier alpha value is -1.02. The molecule has 0 amide bonds.